The van der Waals surface area contributed by atoms with Crippen LogP contribution in [0.2, 0.25) is 0 Å². The number of anilines is 1. The number of amides is 1. The number of benzene rings is 2. The molecule has 3 heteroatoms. The van der Waals surface area contributed by atoms with Gasteiger partial charge in [0.15, 0.2) is 0 Å². The highest BCUT2D eigenvalue weighted by atomic mass is 16.2. The second-order valence-electron chi connectivity index (χ2n) is 5.26. The van der Waals surface area contributed by atoms with Crippen molar-refractivity contribution in [3.8, 4) is 0 Å². The van der Waals surface area contributed by atoms with Crippen LogP contribution in [0.1, 0.15) is 28.4 Å². The molecule has 0 heterocycles. The van der Waals surface area contributed by atoms with E-state index in [0.717, 1.165) is 23.2 Å². The van der Waals surface area contributed by atoms with Crippen LogP contribution in [0.15, 0.2) is 48.5 Å². The molecule has 0 unspecified atom stereocenters. The lowest BCUT2D eigenvalue weighted by Gasteiger charge is -2.13. The SMILES string of the molecule is CCc1ccccc1NCc1cccc(C(=O)N(C)C)c1. The van der Waals surface area contributed by atoms with Crippen molar-refractivity contribution >= 4 is 11.6 Å². The number of carbonyl (C=O) groups excluding carboxylic acids is 1. The number of hydrogen-bond donors (Lipinski definition) is 1. The highest BCUT2D eigenvalue weighted by Gasteiger charge is 2.08. The average molecular weight is 282 g/mol. The zero-order valence-electron chi connectivity index (χ0n) is 12.9. The monoisotopic (exact) mass is 282 g/mol. The van der Waals surface area contributed by atoms with Crippen molar-refractivity contribution in [2.24, 2.45) is 0 Å². The van der Waals surface area contributed by atoms with Crippen LogP contribution in [-0.4, -0.2) is 24.9 Å². The zero-order valence-corrected chi connectivity index (χ0v) is 12.9. The summed E-state index contributed by atoms with van der Waals surface area (Å²) in [5.74, 6) is 0.0332. The van der Waals surface area contributed by atoms with Crippen molar-refractivity contribution in [2.75, 3.05) is 19.4 Å². The number of nitrogens with zero attached hydrogens (tertiary/aromatic N) is 1. The predicted octanol–water partition coefficient (Wildman–Crippen LogP) is 3.56. The predicted molar refractivity (Wildman–Crippen MR) is 87.6 cm³/mol. The first-order valence-corrected chi connectivity index (χ1v) is 7.24. The molecule has 0 aliphatic rings. The number of aryl methyl sites for hydroxylation is 1. The summed E-state index contributed by atoms with van der Waals surface area (Å²) in [6.45, 7) is 2.86. The quantitative estimate of drug-likeness (QED) is 0.909. The van der Waals surface area contributed by atoms with Crippen LogP contribution in [0.25, 0.3) is 0 Å². The second-order valence-corrected chi connectivity index (χ2v) is 5.26. The third kappa shape index (κ3) is 3.85. The first kappa shape index (κ1) is 15.1. The zero-order chi connectivity index (χ0) is 15.2. The number of rotatable bonds is 5. The molecule has 2 aromatic rings. The van der Waals surface area contributed by atoms with Gasteiger partial charge in [-0.2, -0.15) is 0 Å². The van der Waals surface area contributed by atoms with Crippen LogP contribution in [0.4, 0.5) is 5.69 Å². The lowest BCUT2D eigenvalue weighted by Crippen LogP contribution is -2.21. The van der Waals surface area contributed by atoms with Crippen LogP contribution in [0.3, 0.4) is 0 Å². The molecule has 110 valence electrons. The number of hydrogen-bond acceptors (Lipinski definition) is 2. The van der Waals surface area contributed by atoms with Gasteiger partial charge in [-0.25, -0.2) is 0 Å². The molecule has 0 bridgehead atoms. The summed E-state index contributed by atoms with van der Waals surface area (Å²) in [5.41, 5.74) is 4.29. The molecule has 0 radical (unpaired) electrons. The largest absolute Gasteiger partial charge is 0.381 e. The fourth-order valence-electron chi connectivity index (χ4n) is 2.27. The molecule has 0 atom stereocenters. The third-order valence-electron chi connectivity index (χ3n) is 3.46. The maximum absolute atomic E-state index is 12.0. The molecular formula is C18H22N2O. The lowest BCUT2D eigenvalue weighted by molar-refractivity contribution is 0.0827. The Morgan fingerprint density at radius 2 is 1.86 bits per heavy atom. The minimum atomic E-state index is 0.0332. The van der Waals surface area contributed by atoms with E-state index in [9.17, 15) is 4.79 Å². The van der Waals surface area contributed by atoms with Gasteiger partial charge in [-0.05, 0) is 35.7 Å². The fourth-order valence-corrected chi connectivity index (χ4v) is 2.27. The Morgan fingerprint density at radius 3 is 2.57 bits per heavy atom. The molecule has 1 N–H and O–H groups in total. The molecule has 0 spiro atoms. The maximum atomic E-state index is 12.0. The summed E-state index contributed by atoms with van der Waals surface area (Å²) < 4.78 is 0. The first-order valence-electron chi connectivity index (χ1n) is 7.24. The van der Waals surface area contributed by atoms with Crippen molar-refractivity contribution in [1.82, 2.24) is 4.90 Å². The Hall–Kier alpha value is -2.29. The molecule has 21 heavy (non-hydrogen) atoms. The normalized spacial score (nSPS) is 10.2. The van der Waals surface area contributed by atoms with E-state index >= 15 is 0 Å². The minimum absolute atomic E-state index is 0.0332. The van der Waals surface area contributed by atoms with Crippen molar-refractivity contribution in [1.29, 1.82) is 0 Å². The fraction of sp³-hybridized carbons (Fsp3) is 0.278. The lowest BCUT2D eigenvalue weighted by atomic mass is 10.1. The summed E-state index contributed by atoms with van der Waals surface area (Å²) in [6, 6.07) is 16.1. The van der Waals surface area contributed by atoms with Crippen molar-refractivity contribution in [3.63, 3.8) is 0 Å². The first-order chi connectivity index (χ1) is 10.1. The highest BCUT2D eigenvalue weighted by Crippen LogP contribution is 2.17. The molecule has 2 aromatic carbocycles. The third-order valence-corrected chi connectivity index (χ3v) is 3.46. The van der Waals surface area contributed by atoms with Gasteiger partial charge in [0.1, 0.15) is 0 Å². The van der Waals surface area contributed by atoms with E-state index in [4.69, 9.17) is 0 Å². The van der Waals surface area contributed by atoms with E-state index in [1.165, 1.54) is 5.56 Å². The second kappa shape index (κ2) is 6.93. The number of carbonyl (C=O) groups is 1. The van der Waals surface area contributed by atoms with E-state index in [-0.39, 0.29) is 5.91 Å². The van der Waals surface area contributed by atoms with Crippen LogP contribution >= 0.6 is 0 Å². The molecule has 0 aliphatic carbocycles. The summed E-state index contributed by atoms with van der Waals surface area (Å²) in [6.07, 6.45) is 1.00. The van der Waals surface area contributed by atoms with Gasteiger partial charge in [-0.15, -0.1) is 0 Å². The van der Waals surface area contributed by atoms with Gasteiger partial charge in [0, 0.05) is 31.9 Å². The smallest absolute Gasteiger partial charge is 0.253 e. The topological polar surface area (TPSA) is 32.3 Å². The summed E-state index contributed by atoms with van der Waals surface area (Å²) >= 11 is 0. The highest BCUT2D eigenvalue weighted by molar-refractivity contribution is 5.94. The molecule has 1 amide bonds. The molecule has 2 rings (SSSR count). The summed E-state index contributed by atoms with van der Waals surface area (Å²) in [4.78, 5) is 13.6. The van der Waals surface area contributed by atoms with E-state index in [1.807, 2.05) is 30.3 Å². The number of nitrogens with one attached hydrogen (secondary N) is 1. The van der Waals surface area contributed by atoms with Crippen LogP contribution in [0, 0.1) is 0 Å². The molecule has 0 aliphatic heterocycles. The van der Waals surface area contributed by atoms with Gasteiger partial charge in [0.25, 0.3) is 5.91 Å². The maximum Gasteiger partial charge on any atom is 0.253 e. The van der Waals surface area contributed by atoms with Gasteiger partial charge in [-0.3, -0.25) is 4.79 Å². The van der Waals surface area contributed by atoms with Gasteiger partial charge in [-0.1, -0.05) is 37.3 Å². The molecule has 0 saturated heterocycles. The average Bonchev–Trinajstić information content (AvgIpc) is 2.52. The van der Waals surface area contributed by atoms with E-state index in [0.29, 0.717) is 6.54 Å². The van der Waals surface area contributed by atoms with E-state index < -0.39 is 0 Å². The van der Waals surface area contributed by atoms with E-state index in [1.54, 1.807) is 19.0 Å². The summed E-state index contributed by atoms with van der Waals surface area (Å²) in [5, 5.41) is 3.45. The molecular weight excluding hydrogens is 260 g/mol. The van der Waals surface area contributed by atoms with Gasteiger partial charge >= 0.3 is 0 Å². The summed E-state index contributed by atoms with van der Waals surface area (Å²) in [7, 11) is 3.54. The Morgan fingerprint density at radius 1 is 1.10 bits per heavy atom. The van der Waals surface area contributed by atoms with Crippen molar-refractivity contribution in [2.45, 2.75) is 19.9 Å². The van der Waals surface area contributed by atoms with E-state index in [2.05, 4.69) is 30.4 Å². The van der Waals surface area contributed by atoms with Gasteiger partial charge in [0.2, 0.25) is 0 Å². The standard InChI is InChI=1S/C18H22N2O/c1-4-15-9-5-6-11-17(15)19-13-14-8-7-10-16(12-14)18(21)20(2)3/h5-12,19H,4,13H2,1-3H3. The Balaban J connectivity index is 2.10. The molecule has 3 nitrogen and oxygen atoms in total. The minimum Gasteiger partial charge on any atom is -0.381 e. The Labute approximate surface area is 126 Å². The van der Waals surface area contributed by atoms with Crippen LogP contribution in [-0.2, 0) is 13.0 Å². The Bertz CT molecular complexity index is 620. The van der Waals surface area contributed by atoms with Crippen molar-refractivity contribution in [3.05, 3.63) is 65.2 Å². The Kier molecular flexibility index (Phi) is 4.99. The molecule has 0 saturated carbocycles. The van der Waals surface area contributed by atoms with Crippen molar-refractivity contribution < 1.29 is 4.79 Å². The van der Waals surface area contributed by atoms with Gasteiger partial charge < -0.3 is 10.2 Å². The van der Waals surface area contributed by atoms with Crippen LogP contribution in [0.5, 0.6) is 0 Å². The van der Waals surface area contributed by atoms with Crippen LogP contribution < -0.4 is 5.32 Å². The molecule has 0 aromatic heterocycles. The van der Waals surface area contributed by atoms with Gasteiger partial charge in [0.05, 0.1) is 0 Å². The number of para-hydroxylation sites is 1. The molecule has 0 fully saturated rings.